The van der Waals surface area contributed by atoms with Gasteiger partial charge in [-0.25, -0.2) is 0 Å². The number of rotatable bonds is 0. The fourth-order valence-electron chi connectivity index (χ4n) is 0. The molecular formula is H40Cl25Na15. The first-order valence-electron chi connectivity index (χ1n) is 0. The molecule has 0 heterocycles. The van der Waals surface area contributed by atoms with Crippen LogP contribution in [0.1, 0.15) is 0 Å². The normalized spacial score (nSPS) is 0. The molecule has 0 nitrogen and oxygen atoms in total. The van der Waals surface area contributed by atoms with Crippen molar-refractivity contribution >= 4 is 754 Å². The minimum atomic E-state index is 0. The van der Waals surface area contributed by atoms with Gasteiger partial charge < -0.3 is 0 Å². The van der Waals surface area contributed by atoms with Crippen LogP contribution in [0.2, 0.25) is 0 Å². The van der Waals surface area contributed by atoms with Crippen molar-refractivity contribution in [2.24, 2.45) is 0 Å². The Morgan fingerprint density at radius 1 is 0.0500 bits per heavy atom. The predicted octanol–water partition coefficient (Wildman–Crippen LogP) is 0.818. The molecule has 230 valence electrons. The van der Waals surface area contributed by atoms with Gasteiger partial charge >= 0.3 is 443 Å². The monoisotopic (exact) mass is 1260 g/mol. The molecule has 0 aliphatic rings. The molecule has 0 unspecified atom stereocenters. The quantitative estimate of drug-likeness (QED) is 0.316. The summed E-state index contributed by atoms with van der Waals surface area (Å²) >= 11 is 0. The predicted molar refractivity (Wildman–Crippen MR) is 288 cm³/mol. The standard InChI is InChI=1S/25ClH.15Na.15H/h25*1H;;;;;;;;;;;;;;;;;;;;;;;;;;;;;;. The van der Waals surface area contributed by atoms with Gasteiger partial charge in [0.15, 0.2) is 0 Å². The Balaban J connectivity index is 0. The summed E-state index contributed by atoms with van der Waals surface area (Å²) in [7, 11) is 0. The minimum absolute atomic E-state index is 0. The third-order valence-corrected chi connectivity index (χ3v) is 0. The Kier molecular flexibility index (Phi) is 5300. The summed E-state index contributed by atoms with van der Waals surface area (Å²) in [5.74, 6) is 0. The molecule has 40 heavy (non-hydrogen) atoms. The summed E-state index contributed by atoms with van der Waals surface area (Å²) in [6.07, 6.45) is 0. The molecule has 0 saturated heterocycles. The zero-order chi connectivity index (χ0) is 0. The fourth-order valence-corrected chi connectivity index (χ4v) is 0. The zero-order valence-corrected chi connectivity index (χ0v) is 30.6. The van der Waals surface area contributed by atoms with E-state index in [2.05, 4.69) is 0 Å². The molecule has 0 bridgehead atoms. The molecule has 0 aromatic carbocycles. The van der Waals surface area contributed by atoms with Crippen LogP contribution in [0.3, 0.4) is 0 Å². The van der Waals surface area contributed by atoms with Crippen LogP contribution in [-0.4, -0.2) is 443 Å². The van der Waals surface area contributed by atoms with Crippen molar-refractivity contribution in [3.63, 3.8) is 0 Å². The van der Waals surface area contributed by atoms with Gasteiger partial charge in [-0.2, -0.15) is 0 Å². The second kappa shape index (κ2) is 449. The van der Waals surface area contributed by atoms with Crippen LogP contribution in [0.4, 0.5) is 0 Å². The molecule has 40 heteroatoms. The molecule has 0 saturated carbocycles. The van der Waals surface area contributed by atoms with Crippen LogP contribution < -0.4 is 0 Å². The van der Waals surface area contributed by atoms with Crippen LogP contribution >= 0.6 is 310 Å². The SMILES string of the molecule is Cl.Cl.Cl.Cl.Cl.Cl.Cl.Cl.Cl.Cl.Cl.Cl.Cl.Cl.Cl.Cl.Cl.Cl.Cl.Cl.Cl.Cl.Cl.Cl.Cl.[NaH].[NaH].[NaH].[NaH].[NaH].[NaH].[NaH].[NaH].[NaH].[NaH].[NaH].[NaH].[NaH].[NaH].[NaH]. The third-order valence-electron chi connectivity index (χ3n) is 0. The molecule has 0 N–H and O–H groups in total. The van der Waals surface area contributed by atoms with Gasteiger partial charge in [-0.05, 0) is 0 Å². The second-order valence-corrected chi connectivity index (χ2v) is 0. The Morgan fingerprint density at radius 2 is 0.0500 bits per heavy atom. The van der Waals surface area contributed by atoms with Crippen molar-refractivity contribution < 1.29 is 0 Å². The summed E-state index contributed by atoms with van der Waals surface area (Å²) in [6, 6.07) is 0. The first-order chi connectivity index (χ1) is 0. The maximum absolute atomic E-state index is 0. The van der Waals surface area contributed by atoms with Gasteiger partial charge in [0.2, 0.25) is 0 Å². The van der Waals surface area contributed by atoms with E-state index in [0.717, 1.165) is 0 Å². The molecule has 0 fully saturated rings. The van der Waals surface area contributed by atoms with Crippen molar-refractivity contribution in [1.29, 1.82) is 0 Å². The van der Waals surface area contributed by atoms with Gasteiger partial charge in [-0.1, -0.05) is 0 Å². The average Bonchev–Trinajstić information content (AvgIpc) is 0. The van der Waals surface area contributed by atoms with E-state index in [1.54, 1.807) is 0 Å². The summed E-state index contributed by atoms with van der Waals surface area (Å²) in [5.41, 5.74) is 0. The Morgan fingerprint density at radius 3 is 0.0500 bits per heavy atom. The first kappa shape index (κ1) is 472. The van der Waals surface area contributed by atoms with Gasteiger partial charge in [-0.15, -0.1) is 310 Å². The average molecular weight is 1270 g/mol. The van der Waals surface area contributed by atoms with E-state index >= 15 is 0 Å². The molecule has 0 aliphatic heterocycles. The van der Waals surface area contributed by atoms with Crippen LogP contribution in [0.25, 0.3) is 0 Å². The summed E-state index contributed by atoms with van der Waals surface area (Å²) in [6.45, 7) is 0. The van der Waals surface area contributed by atoms with Crippen LogP contribution in [0.15, 0.2) is 0 Å². The van der Waals surface area contributed by atoms with E-state index in [0.29, 0.717) is 0 Å². The van der Waals surface area contributed by atoms with E-state index in [1.807, 2.05) is 0 Å². The molecule has 0 spiro atoms. The summed E-state index contributed by atoms with van der Waals surface area (Å²) < 4.78 is 0. The second-order valence-electron chi connectivity index (χ2n) is 0. The third kappa shape index (κ3) is 427. The molecule has 0 amide bonds. The van der Waals surface area contributed by atoms with Gasteiger partial charge in [-0.3, -0.25) is 0 Å². The first-order valence-corrected chi connectivity index (χ1v) is 0. The van der Waals surface area contributed by atoms with Gasteiger partial charge in [0.05, 0.1) is 0 Å². The molecule has 0 aromatic rings. The number of hydrogen-bond acceptors (Lipinski definition) is 0. The molecule has 0 radical (unpaired) electrons. The van der Waals surface area contributed by atoms with Gasteiger partial charge in [0.25, 0.3) is 0 Å². The van der Waals surface area contributed by atoms with E-state index < -0.39 is 0 Å². The van der Waals surface area contributed by atoms with Crippen molar-refractivity contribution in [3.8, 4) is 0 Å². The molecule has 0 rings (SSSR count). The number of halogens is 25. The van der Waals surface area contributed by atoms with Crippen LogP contribution in [0.5, 0.6) is 0 Å². The van der Waals surface area contributed by atoms with Crippen molar-refractivity contribution in [1.82, 2.24) is 0 Å². The van der Waals surface area contributed by atoms with E-state index in [4.69, 9.17) is 0 Å². The van der Waals surface area contributed by atoms with Gasteiger partial charge in [0, 0.05) is 0 Å². The Labute approximate surface area is 731 Å². The summed E-state index contributed by atoms with van der Waals surface area (Å²) in [5, 5.41) is 0. The van der Waals surface area contributed by atoms with E-state index in [9.17, 15) is 0 Å². The maximum atomic E-state index is 0. The molecular weight excluding hydrogens is 1230 g/mol. The van der Waals surface area contributed by atoms with Crippen LogP contribution in [0, 0.1) is 0 Å². The van der Waals surface area contributed by atoms with E-state index in [1.165, 1.54) is 0 Å². The zero-order valence-electron chi connectivity index (χ0n) is 10.2. The molecule has 0 aromatic heterocycles. The summed E-state index contributed by atoms with van der Waals surface area (Å²) in [4.78, 5) is 0. The molecule has 0 aliphatic carbocycles. The van der Waals surface area contributed by atoms with Crippen molar-refractivity contribution in [2.45, 2.75) is 0 Å². The fraction of sp³-hybridized carbons (Fsp3) is 0. The topological polar surface area (TPSA) is 0 Å². The Bertz CT molecular complexity index is 38.2. The van der Waals surface area contributed by atoms with Crippen molar-refractivity contribution in [3.05, 3.63) is 0 Å². The van der Waals surface area contributed by atoms with Crippen LogP contribution in [-0.2, 0) is 0 Å². The number of hydrogen-bond donors (Lipinski definition) is 0. The Hall–Kier alpha value is 22.2. The van der Waals surface area contributed by atoms with Crippen molar-refractivity contribution in [2.75, 3.05) is 0 Å². The molecule has 0 atom stereocenters. The van der Waals surface area contributed by atoms with E-state index in [-0.39, 0.29) is 754 Å². The van der Waals surface area contributed by atoms with Gasteiger partial charge in [0.1, 0.15) is 0 Å².